The van der Waals surface area contributed by atoms with E-state index in [0.717, 1.165) is 18.8 Å². The predicted octanol–water partition coefficient (Wildman–Crippen LogP) is 2.91. The standard InChI is InChI=1S/C14H25N3/c1-3-13(15)8-12-9-16-17(10-12)14-6-4-11(2)5-7-14/h9-11,13-14H,3-8,15H2,1-2H3. The molecule has 1 aliphatic carbocycles. The highest BCUT2D eigenvalue weighted by atomic mass is 15.3. The van der Waals surface area contributed by atoms with Gasteiger partial charge in [-0.25, -0.2) is 0 Å². The quantitative estimate of drug-likeness (QED) is 0.872. The monoisotopic (exact) mass is 235 g/mol. The van der Waals surface area contributed by atoms with E-state index in [4.69, 9.17) is 5.73 Å². The Hall–Kier alpha value is -0.830. The normalized spacial score (nSPS) is 27.0. The summed E-state index contributed by atoms with van der Waals surface area (Å²) >= 11 is 0. The lowest BCUT2D eigenvalue weighted by Crippen LogP contribution is -2.21. The van der Waals surface area contributed by atoms with Crippen molar-refractivity contribution in [3.05, 3.63) is 18.0 Å². The number of nitrogens with zero attached hydrogens (tertiary/aromatic N) is 2. The molecule has 3 nitrogen and oxygen atoms in total. The second-order valence-corrected chi connectivity index (χ2v) is 5.61. The molecule has 1 aromatic heterocycles. The van der Waals surface area contributed by atoms with Gasteiger partial charge < -0.3 is 5.73 Å². The Balaban J connectivity index is 1.93. The van der Waals surface area contributed by atoms with Gasteiger partial charge in [0.15, 0.2) is 0 Å². The van der Waals surface area contributed by atoms with Crippen molar-refractivity contribution in [2.75, 3.05) is 0 Å². The van der Waals surface area contributed by atoms with Crippen molar-refractivity contribution in [1.82, 2.24) is 9.78 Å². The highest BCUT2D eigenvalue weighted by molar-refractivity contribution is 5.06. The molecule has 0 amide bonds. The van der Waals surface area contributed by atoms with E-state index in [0.29, 0.717) is 6.04 Å². The number of hydrogen-bond donors (Lipinski definition) is 1. The van der Waals surface area contributed by atoms with Crippen molar-refractivity contribution < 1.29 is 0 Å². The van der Waals surface area contributed by atoms with Crippen molar-refractivity contribution in [2.24, 2.45) is 11.7 Å². The molecule has 1 saturated carbocycles. The van der Waals surface area contributed by atoms with Crippen molar-refractivity contribution in [3.63, 3.8) is 0 Å². The van der Waals surface area contributed by atoms with Crippen LogP contribution in [-0.2, 0) is 6.42 Å². The largest absolute Gasteiger partial charge is 0.327 e. The van der Waals surface area contributed by atoms with Crippen LogP contribution in [0.5, 0.6) is 0 Å². The molecule has 96 valence electrons. The summed E-state index contributed by atoms with van der Waals surface area (Å²) in [5.41, 5.74) is 7.26. The van der Waals surface area contributed by atoms with E-state index in [-0.39, 0.29) is 6.04 Å². The third kappa shape index (κ3) is 3.32. The van der Waals surface area contributed by atoms with E-state index < -0.39 is 0 Å². The van der Waals surface area contributed by atoms with Gasteiger partial charge in [-0.3, -0.25) is 4.68 Å². The molecule has 1 unspecified atom stereocenters. The molecule has 1 atom stereocenters. The van der Waals surface area contributed by atoms with Gasteiger partial charge in [0.05, 0.1) is 12.2 Å². The van der Waals surface area contributed by atoms with Crippen LogP contribution in [-0.4, -0.2) is 15.8 Å². The summed E-state index contributed by atoms with van der Waals surface area (Å²) < 4.78 is 2.17. The Bertz CT molecular complexity index is 337. The molecule has 1 fully saturated rings. The minimum Gasteiger partial charge on any atom is -0.327 e. The molecule has 3 heteroatoms. The summed E-state index contributed by atoms with van der Waals surface area (Å²) in [7, 11) is 0. The number of aromatic nitrogens is 2. The number of rotatable bonds is 4. The molecule has 1 aromatic rings. The maximum Gasteiger partial charge on any atom is 0.0522 e. The van der Waals surface area contributed by atoms with Gasteiger partial charge in [0.1, 0.15) is 0 Å². The second-order valence-electron chi connectivity index (χ2n) is 5.61. The minimum absolute atomic E-state index is 0.277. The van der Waals surface area contributed by atoms with E-state index in [9.17, 15) is 0 Å². The van der Waals surface area contributed by atoms with Gasteiger partial charge in [-0.15, -0.1) is 0 Å². The van der Waals surface area contributed by atoms with Crippen molar-refractivity contribution in [1.29, 1.82) is 0 Å². The van der Waals surface area contributed by atoms with Crippen LogP contribution in [0.25, 0.3) is 0 Å². The van der Waals surface area contributed by atoms with Crippen LogP contribution in [0, 0.1) is 5.92 Å². The first-order valence-corrected chi connectivity index (χ1v) is 6.97. The summed E-state index contributed by atoms with van der Waals surface area (Å²) in [5, 5.41) is 4.51. The zero-order valence-corrected chi connectivity index (χ0v) is 11.1. The van der Waals surface area contributed by atoms with Gasteiger partial charge in [0.2, 0.25) is 0 Å². The fourth-order valence-corrected chi connectivity index (χ4v) is 2.64. The molecular formula is C14H25N3. The molecule has 0 aromatic carbocycles. The summed E-state index contributed by atoms with van der Waals surface area (Å²) in [4.78, 5) is 0. The Morgan fingerprint density at radius 2 is 2.12 bits per heavy atom. The topological polar surface area (TPSA) is 43.8 Å². The Labute approximate surface area is 104 Å². The van der Waals surface area contributed by atoms with Gasteiger partial charge in [-0.2, -0.15) is 5.10 Å². The van der Waals surface area contributed by atoms with E-state index in [1.165, 1.54) is 31.2 Å². The van der Waals surface area contributed by atoms with Gasteiger partial charge in [0.25, 0.3) is 0 Å². The molecule has 1 heterocycles. The predicted molar refractivity (Wildman–Crippen MR) is 70.9 cm³/mol. The zero-order chi connectivity index (χ0) is 12.3. The van der Waals surface area contributed by atoms with Crippen LogP contribution in [0.4, 0.5) is 0 Å². The first kappa shape index (κ1) is 12.6. The van der Waals surface area contributed by atoms with E-state index in [1.807, 2.05) is 6.20 Å². The fourth-order valence-electron chi connectivity index (χ4n) is 2.64. The van der Waals surface area contributed by atoms with Gasteiger partial charge >= 0.3 is 0 Å². The summed E-state index contributed by atoms with van der Waals surface area (Å²) in [6.45, 7) is 4.49. The first-order valence-electron chi connectivity index (χ1n) is 6.97. The second kappa shape index (κ2) is 5.67. The molecule has 2 rings (SSSR count). The van der Waals surface area contributed by atoms with Crippen LogP contribution >= 0.6 is 0 Å². The zero-order valence-electron chi connectivity index (χ0n) is 11.1. The molecule has 0 radical (unpaired) electrons. The Morgan fingerprint density at radius 1 is 1.41 bits per heavy atom. The third-order valence-corrected chi connectivity index (χ3v) is 4.04. The summed E-state index contributed by atoms with van der Waals surface area (Å²) in [5.74, 6) is 0.898. The Kier molecular flexibility index (Phi) is 4.21. The number of hydrogen-bond acceptors (Lipinski definition) is 2. The van der Waals surface area contributed by atoms with Crippen LogP contribution in [0.2, 0.25) is 0 Å². The Morgan fingerprint density at radius 3 is 2.76 bits per heavy atom. The molecule has 0 bridgehead atoms. The van der Waals surface area contributed by atoms with Crippen molar-refractivity contribution in [3.8, 4) is 0 Å². The molecule has 0 spiro atoms. The SMILES string of the molecule is CCC(N)Cc1cnn(C2CCC(C)CC2)c1. The molecular weight excluding hydrogens is 210 g/mol. The van der Waals surface area contributed by atoms with E-state index in [2.05, 4.69) is 29.8 Å². The van der Waals surface area contributed by atoms with Crippen LogP contribution in [0.3, 0.4) is 0 Å². The lowest BCUT2D eigenvalue weighted by Gasteiger charge is -2.26. The highest BCUT2D eigenvalue weighted by Crippen LogP contribution is 2.31. The lowest BCUT2D eigenvalue weighted by molar-refractivity contribution is 0.274. The van der Waals surface area contributed by atoms with Gasteiger partial charge in [0, 0.05) is 12.2 Å². The van der Waals surface area contributed by atoms with Crippen molar-refractivity contribution in [2.45, 2.75) is 64.5 Å². The average Bonchev–Trinajstić information content (AvgIpc) is 2.78. The average molecular weight is 235 g/mol. The van der Waals surface area contributed by atoms with Crippen LogP contribution in [0.1, 0.15) is 57.6 Å². The van der Waals surface area contributed by atoms with E-state index >= 15 is 0 Å². The van der Waals surface area contributed by atoms with Gasteiger partial charge in [-0.1, -0.05) is 13.8 Å². The molecule has 1 aliphatic rings. The maximum absolute atomic E-state index is 5.97. The maximum atomic E-state index is 5.97. The molecule has 2 N–H and O–H groups in total. The lowest BCUT2D eigenvalue weighted by atomic mass is 9.87. The highest BCUT2D eigenvalue weighted by Gasteiger charge is 2.20. The molecule has 17 heavy (non-hydrogen) atoms. The third-order valence-electron chi connectivity index (χ3n) is 4.04. The van der Waals surface area contributed by atoms with Gasteiger partial charge in [-0.05, 0) is 50.0 Å². The van der Waals surface area contributed by atoms with Crippen LogP contribution in [0.15, 0.2) is 12.4 Å². The summed E-state index contributed by atoms with van der Waals surface area (Å²) in [6.07, 6.45) is 11.4. The molecule has 0 aliphatic heterocycles. The van der Waals surface area contributed by atoms with E-state index in [1.54, 1.807) is 0 Å². The number of nitrogens with two attached hydrogens (primary N) is 1. The van der Waals surface area contributed by atoms with Crippen molar-refractivity contribution >= 4 is 0 Å². The minimum atomic E-state index is 0.277. The van der Waals surface area contributed by atoms with Crippen LogP contribution < -0.4 is 5.73 Å². The summed E-state index contributed by atoms with van der Waals surface area (Å²) in [6, 6.07) is 0.900. The smallest absolute Gasteiger partial charge is 0.0522 e. The first-order chi connectivity index (χ1) is 8.19. The molecule has 0 saturated heterocycles. The fraction of sp³-hybridized carbons (Fsp3) is 0.786.